The van der Waals surface area contributed by atoms with Crippen molar-refractivity contribution in [2.75, 3.05) is 18.9 Å². The van der Waals surface area contributed by atoms with Crippen molar-refractivity contribution >= 4 is 27.5 Å². The summed E-state index contributed by atoms with van der Waals surface area (Å²) in [5, 5.41) is 3.93. The number of hydrogen-bond donors (Lipinski definition) is 1. The van der Waals surface area contributed by atoms with Gasteiger partial charge in [-0.1, -0.05) is 30.7 Å². The van der Waals surface area contributed by atoms with E-state index in [9.17, 15) is 4.79 Å². The van der Waals surface area contributed by atoms with Crippen molar-refractivity contribution < 1.29 is 9.53 Å². The summed E-state index contributed by atoms with van der Waals surface area (Å²) in [5.74, 6) is 1.47. The molecule has 0 unspecified atom stereocenters. The number of pyridine rings is 1. The van der Waals surface area contributed by atoms with Crippen molar-refractivity contribution in [1.82, 2.24) is 10.3 Å². The Balaban J connectivity index is 2.11. The lowest BCUT2D eigenvalue weighted by Crippen LogP contribution is -2.40. The lowest BCUT2D eigenvalue weighted by atomic mass is 10.1. The number of nitrogens with one attached hydrogen (secondary N) is 1. The van der Waals surface area contributed by atoms with Gasteiger partial charge < -0.3 is 10.1 Å². The van der Waals surface area contributed by atoms with E-state index in [2.05, 4.69) is 24.1 Å². The van der Waals surface area contributed by atoms with Crippen LogP contribution in [0.2, 0.25) is 0 Å². The quantitative estimate of drug-likeness (QED) is 0.476. The van der Waals surface area contributed by atoms with Crippen LogP contribution in [0.25, 0.3) is 0 Å². The predicted molar refractivity (Wildman–Crippen MR) is 99.7 cm³/mol. The second kappa shape index (κ2) is 10.9. The molecule has 1 rings (SSSR count). The second-order valence-electron chi connectivity index (χ2n) is 6.39. The summed E-state index contributed by atoms with van der Waals surface area (Å²) in [5.41, 5.74) is -0.319. The molecule has 0 atom stereocenters. The monoisotopic (exact) mass is 356 g/mol. The Hall–Kier alpha value is -0.720. The van der Waals surface area contributed by atoms with Crippen LogP contribution in [0.4, 0.5) is 0 Å². The van der Waals surface area contributed by atoms with Crippen LogP contribution in [0.5, 0.6) is 0 Å². The number of ether oxygens (including phenoxy) is 1. The maximum absolute atomic E-state index is 11.9. The number of amides is 1. The third-order valence-corrected chi connectivity index (χ3v) is 5.36. The van der Waals surface area contributed by atoms with Crippen LogP contribution in [0.15, 0.2) is 29.4 Å². The SMILES string of the molecule is CC(C)CCOC(C)(C)CNC(=O)CCSSc1ccccn1. The predicted octanol–water partition coefficient (Wildman–Crippen LogP) is 4.17. The highest BCUT2D eigenvalue weighted by atomic mass is 33.1. The summed E-state index contributed by atoms with van der Waals surface area (Å²) >= 11 is 0. The summed E-state index contributed by atoms with van der Waals surface area (Å²) in [7, 11) is 3.25. The summed E-state index contributed by atoms with van der Waals surface area (Å²) in [6, 6.07) is 5.83. The second-order valence-corrected chi connectivity index (χ2v) is 8.83. The molecule has 1 amide bonds. The topological polar surface area (TPSA) is 51.2 Å². The van der Waals surface area contributed by atoms with E-state index in [0.29, 0.717) is 18.9 Å². The molecule has 1 aromatic rings. The van der Waals surface area contributed by atoms with Crippen molar-refractivity contribution in [2.45, 2.75) is 51.2 Å². The molecule has 0 saturated carbocycles. The van der Waals surface area contributed by atoms with Gasteiger partial charge >= 0.3 is 0 Å². The van der Waals surface area contributed by atoms with Gasteiger partial charge in [0.15, 0.2) is 0 Å². The minimum absolute atomic E-state index is 0.0691. The Labute approximate surface area is 148 Å². The fraction of sp³-hybridized carbons (Fsp3) is 0.647. The average Bonchev–Trinajstić information content (AvgIpc) is 2.50. The molecule has 0 aliphatic rings. The first-order valence-corrected chi connectivity index (χ1v) is 10.3. The maximum atomic E-state index is 11.9. The van der Waals surface area contributed by atoms with Gasteiger partial charge in [-0.3, -0.25) is 4.79 Å². The largest absolute Gasteiger partial charge is 0.374 e. The maximum Gasteiger partial charge on any atom is 0.220 e. The molecule has 0 bridgehead atoms. The highest BCUT2D eigenvalue weighted by Crippen LogP contribution is 2.29. The van der Waals surface area contributed by atoms with Gasteiger partial charge in [0.25, 0.3) is 0 Å². The van der Waals surface area contributed by atoms with Gasteiger partial charge in [0.1, 0.15) is 5.03 Å². The minimum atomic E-state index is -0.319. The molecule has 23 heavy (non-hydrogen) atoms. The Bertz CT molecular complexity index is 453. The Kier molecular flexibility index (Phi) is 9.67. The average molecular weight is 357 g/mol. The van der Waals surface area contributed by atoms with Gasteiger partial charge in [0.05, 0.1) is 5.60 Å². The zero-order valence-electron chi connectivity index (χ0n) is 14.5. The van der Waals surface area contributed by atoms with Crippen molar-refractivity contribution in [1.29, 1.82) is 0 Å². The van der Waals surface area contributed by atoms with Crippen LogP contribution >= 0.6 is 21.6 Å². The van der Waals surface area contributed by atoms with Crippen LogP contribution < -0.4 is 5.32 Å². The first-order chi connectivity index (χ1) is 10.9. The van der Waals surface area contributed by atoms with E-state index in [0.717, 1.165) is 23.8 Å². The van der Waals surface area contributed by atoms with E-state index in [1.807, 2.05) is 32.0 Å². The van der Waals surface area contributed by atoms with Crippen LogP contribution in [-0.4, -0.2) is 35.4 Å². The van der Waals surface area contributed by atoms with Crippen LogP contribution in [0.1, 0.15) is 40.5 Å². The van der Waals surface area contributed by atoms with E-state index in [4.69, 9.17) is 4.74 Å². The molecule has 6 heteroatoms. The van der Waals surface area contributed by atoms with Crippen molar-refractivity contribution in [2.24, 2.45) is 5.92 Å². The van der Waals surface area contributed by atoms with Crippen LogP contribution in [0, 0.1) is 5.92 Å². The smallest absolute Gasteiger partial charge is 0.220 e. The van der Waals surface area contributed by atoms with E-state index < -0.39 is 0 Å². The van der Waals surface area contributed by atoms with Gasteiger partial charge in [0, 0.05) is 31.5 Å². The minimum Gasteiger partial charge on any atom is -0.374 e. The highest BCUT2D eigenvalue weighted by Gasteiger charge is 2.19. The van der Waals surface area contributed by atoms with Crippen molar-refractivity contribution in [3.63, 3.8) is 0 Å². The number of carbonyl (C=O) groups excluding carboxylic acids is 1. The Morgan fingerprint density at radius 1 is 1.39 bits per heavy atom. The molecule has 130 valence electrons. The first-order valence-electron chi connectivity index (χ1n) is 8.00. The summed E-state index contributed by atoms with van der Waals surface area (Å²) in [6.45, 7) is 9.66. The number of carbonyl (C=O) groups is 1. The molecule has 4 nitrogen and oxygen atoms in total. The standard InChI is InChI=1S/C17H28N2O2S2/c1-14(2)8-11-21-17(3,4)13-19-15(20)9-12-22-23-16-7-5-6-10-18-16/h5-7,10,14H,8-9,11-13H2,1-4H3,(H,19,20). The molecule has 0 aromatic carbocycles. The van der Waals surface area contributed by atoms with Crippen LogP contribution in [0.3, 0.4) is 0 Å². The van der Waals surface area contributed by atoms with Crippen molar-refractivity contribution in [3.8, 4) is 0 Å². The van der Waals surface area contributed by atoms with E-state index in [1.165, 1.54) is 0 Å². The molecule has 0 fully saturated rings. The molecule has 0 aliphatic heterocycles. The third-order valence-electron chi connectivity index (χ3n) is 3.09. The highest BCUT2D eigenvalue weighted by molar-refractivity contribution is 8.76. The molecule has 0 aliphatic carbocycles. The number of hydrogen-bond acceptors (Lipinski definition) is 5. The molecule has 1 heterocycles. The molecule has 0 radical (unpaired) electrons. The van der Waals surface area contributed by atoms with Gasteiger partial charge in [-0.05, 0) is 49.1 Å². The summed E-state index contributed by atoms with van der Waals surface area (Å²) in [4.78, 5) is 16.1. The molecule has 1 N–H and O–H groups in total. The Morgan fingerprint density at radius 3 is 2.83 bits per heavy atom. The Morgan fingerprint density at radius 2 is 2.17 bits per heavy atom. The summed E-state index contributed by atoms with van der Waals surface area (Å²) in [6.07, 6.45) is 3.32. The number of rotatable bonds is 11. The lowest BCUT2D eigenvalue weighted by molar-refractivity contribution is -0.122. The lowest BCUT2D eigenvalue weighted by Gasteiger charge is -2.26. The summed E-state index contributed by atoms with van der Waals surface area (Å²) < 4.78 is 5.84. The first kappa shape index (κ1) is 20.3. The normalized spacial score (nSPS) is 11.7. The van der Waals surface area contributed by atoms with E-state index >= 15 is 0 Å². The fourth-order valence-corrected chi connectivity index (χ4v) is 3.52. The fourth-order valence-electron chi connectivity index (χ4n) is 1.65. The zero-order valence-corrected chi connectivity index (χ0v) is 16.1. The van der Waals surface area contributed by atoms with Gasteiger partial charge in [-0.2, -0.15) is 0 Å². The van der Waals surface area contributed by atoms with Gasteiger partial charge in [-0.15, -0.1) is 0 Å². The van der Waals surface area contributed by atoms with E-state index in [-0.39, 0.29) is 11.5 Å². The third kappa shape index (κ3) is 10.6. The number of aromatic nitrogens is 1. The van der Waals surface area contributed by atoms with Crippen LogP contribution in [-0.2, 0) is 9.53 Å². The molecule has 0 saturated heterocycles. The zero-order chi connectivity index (χ0) is 17.1. The van der Waals surface area contributed by atoms with Gasteiger partial charge in [-0.25, -0.2) is 4.98 Å². The molecule has 0 spiro atoms. The van der Waals surface area contributed by atoms with E-state index in [1.54, 1.807) is 27.8 Å². The van der Waals surface area contributed by atoms with Crippen molar-refractivity contribution in [3.05, 3.63) is 24.4 Å². The molecule has 1 aromatic heterocycles. The molecular weight excluding hydrogens is 328 g/mol. The van der Waals surface area contributed by atoms with Gasteiger partial charge in [0.2, 0.25) is 5.91 Å². The molecular formula is C17H28N2O2S2. The number of nitrogens with zero attached hydrogens (tertiary/aromatic N) is 1.